The van der Waals surface area contributed by atoms with Crippen molar-refractivity contribution in [1.29, 1.82) is 0 Å². The third kappa shape index (κ3) is 8.77. The van der Waals surface area contributed by atoms with E-state index in [1.54, 1.807) is 0 Å². The van der Waals surface area contributed by atoms with Crippen LogP contribution < -0.4 is 15.8 Å². The van der Waals surface area contributed by atoms with E-state index in [2.05, 4.69) is 49.3 Å². The summed E-state index contributed by atoms with van der Waals surface area (Å²) in [4.78, 5) is 4.41. The zero-order chi connectivity index (χ0) is 17.8. The SMILES string of the molecule is CCOCCCNC(N)=NCc1ccc(C)cc1OCCC(C)C. The molecule has 5 nitrogen and oxygen atoms in total. The Morgan fingerprint density at radius 1 is 1.29 bits per heavy atom. The van der Waals surface area contributed by atoms with Gasteiger partial charge in [-0.05, 0) is 44.2 Å². The molecular weight excluding hydrogens is 302 g/mol. The summed E-state index contributed by atoms with van der Waals surface area (Å²) in [6, 6.07) is 6.20. The molecular formula is C19H33N3O2. The zero-order valence-corrected chi connectivity index (χ0v) is 15.6. The molecule has 0 fully saturated rings. The zero-order valence-electron chi connectivity index (χ0n) is 15.6. The molecule has 0 radical (unpaired) electrons. The van der Waals surface area contributed by atoms with Crippen molar-refractivity contribution in [3.63, 3.8) is 0 Å². The third-order valence-electron chi connectivity index (χ3n) is 3.57. The van der Waals surface area contributed by atoms with Gasteiger partial charge in [0.2, 0.25) is 0 Å². The first-order chi connectivity index (χ1) is 11.5. The Balaban J connectivity index is 2.51. The first-order valence-electron chi connectivity index (χ1n) is 8.86. The van der Waals surface area contributed by atoms with Crippen molar-refractivity contribution >= 4 is 5.96 Å². The molecule has 0 bridgehead atoms. The lowest BCUT2D eigenvalue weighted by Gasteiger charge is -2.13. The van der Waals surface area contributed by atoms with Gasteiger partial charge >= 0.3 is 0 Å². The number of nitrogens with one attached hydrogen (secondary N) is 1. The van der Waals surface area contributed by atoms with E-state index in [0.717, 1.165) is 50.5 Å². The highest BCUT2D eigenvalue weighted by Gasteiger charge is 2.05. The van der Waals surface area contributed by atoms with Crippen LogP contribution in [0.25, 0.3) is 0 Å². The van der Waals surface area contributed by atoms with E-state index < -0.39 is 0 Å². The summed E-state index contributed by atoms with van der Waals surface area (Å²) in [5, 5.41) is 3.11. The maximum atomic E-state index is 5.94. The predicted octanol–water partition coefficient (Wildman–Crippen LogP) is 3.25. The van der Waals surface area contributed by atoms with Gasteiger partial charge in [0.05, 0.1) is 13.2 Å². The number of hydrogen-bond donors (Lipinski definition) is 2. The molecule has 0 saturated carbocycles. The summed E-state index contributed by atoms with van der Waals surface area (Å²) in [5.41, 5.74) is 8.16. The Labute approximate surface area is 146 Å². The van der Waals surface area contributed by atoms with Crippen LogP contribution in [-0.4, -0.2) is 32.3 Å². The van der Waals surface area contributed by atoms with Gasteiger partial charge in [0, 0.05) is 25.3 Å². The lowest BCUT2D eigenvalue weighted by molar-refractivity contribution is 0.145. The van der Waals surface area contributed by atoms with Crippen molar-refractivity contribution in [2.45, 2.75) is 47.1 Å². The van der Waals surface area contributed by atoms with Crippen LogP contribution in [0.15, 0.2) is 23.2 Å². The molecule has 5 heteroatoms. The number of rotatable bonds is 11. The molecule has 0 aliphatic rings. The summed E-state index contributed by atoms with van der Waals surface area (Å²) >= 11 is 0. The van der Waals surface area contributed by atoms with Crippen LogP contribution in [-0.2, 0) is 11.3 Å². The van der Waals surface area contributed by atoms with Crippen molar-refractivity contribution in [3.05, 3.63) is 29.3 Å². The van der Waals surface area contributed by atoms with Crippen molar-refractivity contribution in [2.24, 2.45) is 16.6 Å². The number of aryl methyl sites for hydroxylation is 1. The molecule has 0 heterocycles. The normalized spacial score (nSPS) is 11.8. The van der Waals surface area contributed by atoms with Gasteiger partial charge < -0.3 is 20.5 Å². The van der Waals surface area contributed by atoms with Gasteiger partial charge in [0.15, 0.2) is 5.96 Å². The van der Waals surface area contributed by atoms with Gasteiger partial charge in [-0.1, -0.05) is 26.0 Å². The standard InChI is InChI=1S/C19H33N3O2/c1-5-23-11-6-10-21-19(20)22-14-17-8-7-16(4)13-18(17)24-12-9-15(2)3/h7-8,13,15H,5-6,9-12,14H2,1-4H3,(H3,20,21,22). The van der Waals surface area contributed by atoms with E-state index in [0.29, 0.717) is 18.4 Å². The van der Waals surface area contributed by atoms with Crippen LogP contribution in [0, 0.1) is 12.8 Å². The average molecular weight is 335 g/mol. The number of benzene rings is 1. The second-order valence-corrected chi connectivity index (χ2v) is 6.32. The monoisotopic (exact) mass is 335 g/mol. The van der Waals surface area contributed by atoms with E-state index in [-0.39, 0.29) is 0 Å². The molecule has 0 amide bonds. The molecule has 0 aromatic heterocycles. The van der Waals surface area contributed by atoms with Crippen LogP contribution in [0.4, 0.5) is 0 Å². The number of nitrogens with two attached hydrogens (primary N) is 1. The van der Waals surface area contributed by atoms with Gasteiger partial charge in [0.1, 0.15) is 5.75 Å². The number of guanidine groups is 1. The molecule has 1 aromatic carbocycles. The van der Waals surface area contributed by atoms with E-state index in [9.17, 15) is 0 Å². The molecule has 0 spiro atoms. The van der Waals surface area contributed by atoms with Crippen LogP contribution in [0.3, 0.4) is 0 Å². The van der Waals surface area contributed by atoms with Crippen molar-refractivity contribution in [3.8, 4) is 5.75 Å². The van der Waals surface area contributed by atoms with Gasteiger partial charge in [-0.15, -0.1) is 0 Å². The Kier molecular flexibility index (Phi) is 9.92. The number of ether oxygens (including phenoxy) is 2. The number of hydrogen-bond acceptors (Lipinski definition) is 3. The summed E-state index contributed by atoms with van der Waals surface area (Å²) < 4.78 is 11.2. The lowest BCUT2D eigenvalue weighted by atomic mass is 10.1. The summed E-state index contributed by atoms with van der Waals surface area (Å²) in [5.74, 6) is 2.00. The molecule has 0 atom stereocenters. The number of nitrogens with zero attached hydrogens (tertiary/aromatic N) is 1. The smallest absolute Gasteiger partial charge is 0.188 e. The molecule has 24 heavy (non-hydrogen) atoms. The second-order valence-electron chi connectivity index (χ2n) is 6.32. The summed E-state index contributed by atoms with van der Waals surface area (Å²) in [7, 11) is 0. The highest BCUT2D eigenvalue weighted by molar-refractivity contribution is 5.77. The minimum Gasteiger partial charge on any atom is -0.493 e. The Morgan fingerprint density at radius 2 is 2.08 bits per heavy atom. The topological polar surface area (TPSA) is 68.9 Å². The fourth-order valence-corrected chi connectivity index (χ4v) is 2.09. The molecule has 1 aromatic rings. The highest BCUT2D eigenvalue weighted by Crippen LogP contribution is 2.22. The molecule has 3 N–H and O–H groups in total. The molecule has 136 valence electrons. The predicted molar refractivity (Wildman–Crippen MR) is 101 cm³/mol. The Hall–Kier alpha value is -1.75. The van der Waals surface area contributed by atoms with Crippen LogP contribution in [0.1, 0.15) is 44.7 Å². The second kappa shape index (κ2) is 11.7. The molecule has 0 aliphatic heterocycles. The Bertz CT molecular complexity index is 501. The largest absolute Gasteiger partial charge is 0.493 e. The first kappa shape index (κ1) is 20.3. The van der Waals surface area contributed by atoms with Crippen molar-refractivity contribution in [1.82, 2.24) is 5.32 Å². The average Bonchev–Trinajstić information content (AvgIpc) is 2.53. The van der Waals surface area contributed by atoms with Crippen molar-refractivity contribution < 1.29 is 9.47 Å². The molecule has 0 saturated heterocycles. The van der Waals surface area contributed by atoms with E-state index in [1.165, 1.54) is 5.56 Å². The van der Waals surface area contributed by atoms with Gasteiger partial charge in [-0.2, -0.15) is 0 Å². The number of aliphatic imine (C=N–C) groups is 1. The minimum atomic E-state index is 0.459. The summed E-state index contributed by atoms with van der Waals surface area (Å²) in [6.45, 7) is 11.9. The van der Waals surface area contributed by atoms with Crippen molar-refractivity contribution in [2.75, 3.05) is 26.4 Å². The fraction of sp³-hybridized carbons (Fsp3) is 0.632. The molecule has 1 rings (SSSR count). The van der Waals surface area contributed by atoms with Gasteiger partial charge in [-0.3, -0.25) is 0 Å². The van der Waals surface area contributed by atoms with E-state index in [4.69, 9.17) is 15.2 Å². The fourth-order valence-electron chi connectivity index (χ4n) is 2.09. The lowest BCUT2D eigenvalue weighted by Crippen LogP contribution is -2.32. The van der Waals surface area contributed by atoms with Crippen LogP contribution >= 0.6 is 0 Å². The van der Waals surface area contributed by atoms with E-state index >= 15 is 0 Å². The van der Waals surface area contributed by atoms with Crippen LogP contribution in [0.2, 0.25) is 0 Å². The summed E-state index contributed by atoms with van der Waals surface area (Å²) in [6.07, 6.45) is 1.96. The maximum Gasteiger partial charge on any atom is 0.188 e. The third-order valence-corrected chi connectivity index (χ3v) is 3.57. The highest BCUT2D eigenvalue weighted by atomic mass is 16.5. The molecule has 0 unspecified atom stereocenters. The maximum absolute atomic E-state index is 5.94. The van der Waals surface area contributed by atoms with Gasteiger partial charge in [-0.25, -0.2) is 4.99 Å². The first-order valence-corrected chi connectivity index (χ1v) is 8.86. The Morgan fingerprint density at radius 3 is 2.79 bits per heavy atom. The quantitative estimate of drug-likeness (QED) is 0.370. The van der Waals surface area contributed by atoms with Gasteiger partial charge in [0.25, 0.3) is 0 Å². The van der Waals surface area contributed by atoms with Crippen LogP contribution in [0.5, 0.6) is 5.75 Å². The van der Waals surface area contributed by atoms with E-state index in [1.807, 2.05) is 6.92 Å². The minimum absolute atomic E-state index is 0.459. The molecule has 0 aliphatic carbocycles.